The van der Waals surface area contributed by atoms with Crippen LogP contribution in [-0.2, 0) is 27.2 Å². The third-order valence-electron chi connectivity index (χ3n) is 6.44. The van der Waals surface area contributed by atoms with Crippen molar-refractivity contribution < 1.29 is 14.3 Å². The summed E-state index contributed by atoms with van der Waals surface area (Å²) in [6.07, 6.45) is 2.29. The monoisotopic (exact) mass is 436 g/mol. The Balaban J connectivity index is 1.82. The Morgan fingerprint density at radius 3 is 2.31 bits per heavy atom. The fourth-order valence-corrected chi connectivity index (χ4v) is 4.32. The molecule has 32 heavy (non-hydrogen) atoms. The van der Waals surface area contributed by atoms with Crippen molar-refractivity contribution in [2.24, 2.45) is 11.3 Å². The summed E-state index contributed by atoms with van der Waals surface area (Å²) in [4.78, 5) is 29.1. The number of nitrogens with one attached hydrogen (secondary N) is 1. The number of benzene rings is 2. The minimum Gasteiger partial charge on any atom is -0.465 e. The third kappa shape index (κ3) is 5.32. The minimum absolute atomic E-state index is 0.280. The molecule has 1 aliphatic carbocycles. The maximum absolute atomic E-state index is 13.5. The first-order chi connectivity index (χ1) is 15.4. The van der Waals surface area contributed by atoms with Gasteiger partial charge in [0.25, 0.3) is 0 Å². The van der Waals surface area contributed by atoms with Gasteiger partial charge in [-0.3, -0.25) is 9.59 Å². The van der Waals surface area contributed by atoms with Gasteiger partial charge in [-0.25, -0.2) is 0 Å². The lowest BCUT2D eigenvalue weighted by molar-refractivity contribution is -0.161. The average Bonchev–Trinajstić information content (AvgIpc) is 2.80. The van der Waals surface area contributed by atoms with E-state index in [2.05, 4.69) is 44.0 Å². The van der Waals surface area contributed by atoms with Crippen molar-refractivity contribution >= 4 is 23.3 Å². The number of amides is 1. The maximum Gasteiger partial charge on any atom is 0.322 e. The Morgan fingerprint density at radius 1 is 1.03 bits per heavy atom. The number of ether oxygens (including phenoxy) is 1. The lowest BCUT2D eigenvalue weighted by Gasteiger charge is -2.34. The van der Waals surface area contributed by atoms with Crippen LogP contribution in [0, 0.1) is 11.3 Å². The average molecular weight is 437 g/mol. The molecular formula is C27H36N2O3. The predicted octanol–water partition coefficient (Wildman–Crippen LogP) is 5.24. The molecule has 0 aliphatic heterocycles. The van der Waals surface area contributed by atoms with Crippen LogP contribution >= 0.6 is 0 Å². The van der Waals surface area contributed by atoms with Gasteiger partial charge < -0.3 is 15.0 Å². The van der Waals surface area contributed by atoms with Crippen LogP contribution < -0.4 is 10.2 Å². The molecule has 5 heteroatoms. The molecule has 0 bridgehead atoms. The number of hydrogen-bond acceptors (Lipinski definition) is 4. The number of carbonyl (C=O) groups is 2. The highest BCUT2D eigenvalue weighted by Crippen LogP contribution is 2.38. The summed E-state index contributed by atoms with van der Waals surface area (Å²) in [6, 6.07) is 15.9. The van der Waals surface area contributed by atoms with Crippen LogP contribution in [0.4, 0.5) is 11.4 Å². The number of aryl methyl sites for hydroxylation is 1. The minimum atomic E-state index is -1.21. The van der Waals surface area contributed by atoms with Crippen LogP contribution in [0.5, 0.6) is 0 Å². The highest BCUT2D eigenvalue weighted by atomic mass is 16.5. The quantitative estimate of drug-likeness (QED) is 0.432. The summed E-state index contributed by atoms with van der Waals surface area (Å²) >= 11 is 0. The van der Waals surface area contributed by atoms with Gasteiger partial charge in [-0.15, -0.1) is 0 Å². The number of hydrogen-bond donors (Lipinski definition) is 1. The molecule has 3 rings (SSSR count). The van der Waals surface area contributed by atoms with Gasteiger partial charge in [-0.1, -0.05) is 38.1 Å². The standard InChI is InChI=1S/C27H36N2O3/c1-5-29(6-2)24-13-11-23(12-14-24)28-25(30)27(26(31)32-18-16-20(3)4)17-15-21-9-7-8-10-22(21)19-27/h7-14,20H,5-6,15-19H2,1-4H3,(H,28,30). The zero-order chi connectivity index (χ0) is 23.1. The molecule has 1 N–H and O–H groups in total. The van der Waals surface area contributed by atoms with Crippen molar-refractivity contribution in [3.8, 4) is 0 Å². The van der Waals surface area contributed by atoms with Crippen molar-refractivity contribution in [1.29, 1.82) is 0 Å². The zero-order valence-corrected chi connectivity index (χ0v) is 19.8. The van der Waals surface area contributed by atoms with Crippen molar-refractivity contribution in [2.45, 2.75) is 53.4 Å². The van der Waals surface area contributed by atoms with Crippen molar-refractivity contribution in [3.05, 3.63) is 59.7 Å². The Hall–Kier alpha value is -2.82. The van der Waals surface area contributed by atoms with Gasteiger partial charge in [0.15, 0.2) is 5.41 Å². The Bertz CT molecular complexity index is 919. The van der Waals surface area contributed by atoms with E-state index in [1.54, 1.807) is 0 Å². The molecule has 0 aromatic heterocycles. The molecule has 0 saturated carbocycles. The number of fused-ring (bicyclic) bond motifs is 1. The van der Waals surface area contributed by atoms with E-state index in [0.29, 0.717) is 37.5 Å². The van der Waals surface area contributed by atoms with Crippen molar-refractivity contribution in [2.75, 3.05) is 29.9 Å². The summed E-state index contributed by atoms with van der Waals surface area (Å²) in [7, 11) is 0. The number of rotatable bonds is 9. The van der Waals surface area contributed by atoms with E-state index in [1.807, 2.05) is 42.5 Å². The Kier molecular flexibility index (Phi) is 7.94. The Morgan fingerprint density at radius 2 is 1.69 bits per heavy atom. The fourth-order valence-electron chi connectivity index (χ4n) is 4.32. The van der Waals surface area contributed by atoms with Gasteiger partial charge in [0.1, 0.15) is 0 Å². The molecular weight excluding hydrogens is 400 g/mol. The second kappa shape index (κ2) is 10.7. The first kappa shape index (κ1) is 23.8. The first-order valence-corrected chi connectivity index (χ1v) is 11.8. The summed E-state index contributed by atoms with van der Waals surface area (Å²) in [5.41, 5.74) is 2.85. The molecule has 0 spiro atoms. The van der Waals surface area contributed by atoms with Gasteiger partial charge >= 0.3 is 5.97 Å². The van der Waals surface area contributed by atoms with Gasteiger partial charge in [0.05, 0.1) is 6.61 Å². The van der Waals surface area contributed by atoms with Gasteiger partial charge in [0, 0.05) is 24.5 Å². The molecule has 5 nitrogen and oxygen atoms in total. The van der Waals surface area contributed by atoms with Crippen molar-refractivity contribution in [1.82, 2.24) is 0 Å². The zero-order valence-electron chi connectivity index (χ0n) is 19.8. The molecule has 172 valence electrons. The van der Waals surface area contributed by atoms with E-state index < -0.39 is 11.4 Å². The van der Waals surface area contributed by atoms with Gasteiger partial charge in [0.2, 0.25) is 5.91 Å². The molecule has 1 amide bonds. The molecule has 1 aliphatic rings. The van der Waals surface area contributed by atoms with Gasteiger partial charge in [-0.2, -0.15) is 0 Å². The van der Waals surface area contributed by atoms with Crippen LogP contribution in [0.2, 0.25) is 0 Å². The molecule has 1 unspecified atom stereocenters. The van der Waals surface area contributed by atoms with E-state index in [0.717, 1.165) is 30.8 Å². The first-order valence-electron chi connectivity index (χ1n) is 11.8. The molecule has 2 aromatic carbocycles. The number of esters is 1. The van der Waals surface area contributed by atoms with Crippen LogP contribution in [0.15, 0.2) is 48.5 Å². The maximum atomic E-state index is 13.5. The smallest absolute Gasteiger partial charge is 0.322 e. The predicted molar refractivity (Wildman–Crippen MR) is 130 cm³/mol. The number of anilines is 2. The number of nitrogens with zero attached hydrogens (tertiary/aromatic N) is 1. The fraction of sp³-hybridized carbons (Fsp3) is 0.481. The van der Waals surface area contributed by atoms with Crippen LogP contribution in [0.3, 0.4) is 0 Å². The van der Waals surface area contributed by atoms with E-state index >= 15 is 0 Å². The number of carbonyl (C=O) groups excluding carboxylic acids is 2. The topological polar surface area (TPSA) is 58.6 Å². The van der Waals surface area contributed by atoms with Gasteiger partial charge in [-0.05, 0) is 80.8 Å². The SMILES string of the molecule is CCN(CC)c1ccc(NC(=O)C2(C(=O)OCCC(C)C)CCc3ccccc3C2)cc1. The molecule has 0 heterocycles. The molecule has 0 radical (unpaired) electrons. The summed E-state index contributed by atoms with van der Waals surface area (Å²) in [5.74, 6) is -0.258. The van der Waals surface area contributed by atoms with Crippen molar-refractivity contribution in [3.63, 3.8) is 0 Å². The van der Waals surface area contributed by atoms with E-state index in [1.165, 1.54) is 5.56 Å². The van der Waals surface area contributed by atoms with Crippen LogP contribution in [0.1, 0.15) is 51.7 Å². The summed E-state index contributed by atoms with van der Waals surface area (Å²) in [5, 5.41) is 3.01. The molecule has 0 saturated heterocycles. The largest absolute Gasteiger partial charge is 0.465 e. The second-order valence-corrected chi connectivity index (χ2v) is 9.02. The second-order valence-electron chi connectivity index (χ2n) is 9.02. The highest BCUT2D eigenvalue weighted by Gasteiger charge is 2.49. The lowest BCUT2D eigenvalue weighted by atomic mass is 9.70. The van der Waals surface area contributed by atoms with E-state index in [4.69, 9.17) is 4.74 Å². The highest BCUT2D eigenvalue weighted by molar-refractivity contribution is 6.09. The van der Waals surface area contributed by atoms with E-state index in [9.17, 15) is 9.59 Å². The van der Waals surface area contributed by atoms with Crippen LogP contribution in [0.25, 0.3) is 0 Å². The molecule has 2 aromatic rings. The molecule has 0 fully saturated rings. The Labute approximate surface area is 192 Å². The molecule has 1 atom stereocenters. The lowest BCUT2D eigenvalue weighted by Crippen LogP contribution is -2.48. The summed E-state index contributed by atoms with van der Waals surface area (Å²) in [6.45, 7) is 10.6. The van der Waals surface area contributed by atoms with E-state index in [-0.39, 0.29) is 5.91 Å². The summed E-state index contributed by atoms with van der Waals surface area (Å²) < 4.78 is 5.64. The normalized spacial score (nSPS) is 17.5. The van der Waals surface area contributed by atoms with Crippen LogP contribution in [-0.4, -0.2) is 31.6 Å². The third-order valence-corrected chi connectivity index (χ3v) is 6.44.